The smallest absolute Gasteiger partial charge is 0.245 e. The van der Waals surface area contributed by atoms with E-state index >= 15 is 0 Å². The van der Waals surface area contributed by atoms with Crippen LogP contribution in [0.3, 0.4) is 0 Å². The lowest BCUT2D eigenvalue weighted by atomic mass is 10.0. The van der Waals surface area contributed by atoms with E-state index in [1.165, 1.54) is 13.8 Å². The van der Waals surface area contributed by atoms with Crippen molar-refractivity contribution in [2.75, 3.05) is 13.2 Å². The third kappa shape index (κ3) is 12.8. The van der Waals surface area contributed by atoms with Gasteiger partial charge >= 0.3 is 0 Å². The second-order valence-corrected chi connectivity index (χ2v) is 12.4. The van der Waals surface area contributed by atoms with Crippen LogP contribution < -0.4 is 37.2 Å². The Hall–Kier alpha value is -5.35. The van der Waals surface area contributed by atoms with E-state index in [2.05, 4.69) is 37.2 Å². The maximum absolute atomic E-state index is 13.8. The number of carbonyl (C=O) groups is 6. The molecule has 6 amide bonds. The van der Waals surface area contributed by atoms with Crippen LogP contribution in [0.15, 0.2) is 60.7 Å². The van der Waals surface area contributed by atoms with Gasteiger partial charge in [-0.2, -0.15) is 0 Å². The first-order chi connectivity index (χ1) is 24.3. The van der Waals surface area contributed by atoms with Gasteiger partial charge in [0.2, 0.25) is 35.4 Å². The Morgan fingerprint density at radius 3 is 1.71 bits per heavy atom. The number of hydrogen-bond acceptors (Lipinski definition) is 9. The number of aliphatic hydroxyl groups excluding tert-OH is 2. The minimum absolute atomic E-state index is 0.0237. The maximum Gasteiger partial charge on any atom is 0.245 e. The van der Waals surface area contributed by atoms with E-state index < -0.39 is 84.4 Å². The molecule has 7 unspecified atom stereocenters. The monoisotopic (exact) mass is 708 g/mol. The Kier molecular flexibility index (Phi) is 15.5. The van der Waals surface area contributed by atoms with Gasteiger partial charge in [-0.25, -0.2) is 0 Å². The zero-order chi connectivity index (χ0) is 37.5. The van der Waals surface area contributed by atoms with Gasteiger partial charge < -0.3 is 47.4 Å². The molecule has 3 rings (SSSR count). The van der Waals surface area contributed by atoms with Gasteiger partial charge in [0.05, 0.1) is 18.5 Å². The lowest BCUT2D eigenvalue weighted by Gasteiger charge is -2.28. The molecule has 1 saturated heterocycles. The largest absolute Gasteiger partial charge is 0.394 e. The molecule has 10 N–H and O–H groups in total. The molecule has 0 aliphatic carbocycles. The topological polar surface area (TPSA) is 251 Å². The van der Waals surface area contributed by atoms with Crippen LogP contribution in [0.1, 0.15) is 44.7 Å². The Morgan fingerprint density at radius 2 is 1.20 bits per heavy atom. The number of rotatable bonds is 9. The molecular formula is C35H48N8O8. The van der Waals surface area contributed by atoms with Crippen LogP contribution >= 0.6 is 0 Å². The highest BCUT2D eigenvalue weighted by molar-refractivity contribution is 5.97. The molecule has 16 nitrogen and oxygen atoms in total. The summed E-state index contributed by atoms with van der Waals surface area (Å²) < 4.78 is 0. The first-order valence-corrected chi connectivity index (χ1v) is 16.8. The van der Waals surface area contributed by atoms with Crippen LogP contribution in [0.2, 0.25) is 0 Å². The molecule has 1 aliphatic rings. The van der Waals surface area contributed by atoms with Crippen LogP contribution in [-0.4, -0.2) is 107 Å². The lowest BCUT2D eigenvalue weighted by molar-refractivity contribution is -0.137. The highest BCUT2D eigenvalue weighted by atomic mass is 16.3. The van der Waals surface area contributed by atoms with Crippen molar-refractivity contribution < 1.29 is 39.0 Å². The average Bonchev–Trinajstić information content (AvgIpc) is 3.10. The molecule has 16 heteroatoms. The number of amides is 6. The van der Waals surface area contributed by atoms with E-state index in [-0.39, 0.29) is 31.6 Å². The van der Waals surface area contributed by atoms with Gasteiger partial charge in [0.1, 0.15) is 30.2 Å². The molecule has 0 saturated carbocycles. The summed E-state index contributed by atoms with van der Waals surface area (Å²) in [6.45, 7) is 3.22. The van der Waals surface area contributed by atoms with Crippen LogP contribution in [0.5, 0.6) is 0 Å². The van der Waals surface area contributed by atoms with Crippen molar-refractivity contribution in [2.24, 2.45) is 0 Å². The maximum atomic E-state index is 13.8. The average molecular weight is 709 g/mol. The minimum atomic E-state index is -1.66. The van der Waals surface area contributed by atoms with Crippen molar-refractivity contribution in [3.05, 3.63) is 71.8 Å². The molecule has 1 fully saturated rings. The molecule has 276 valence electrons. The van der Waals surface area contributed by atoms with Gasteiger partial charge in [-0.3, -0.25) is 34.2 Å². The minimum Gasteiger partial charge on any atom is -0.394 e. The van der Waals surface area contributed by atoms with Gasteiger partial charge in [0.15, 0.2) is 0 Å². The van der Waals surface area contributed by atoms with Crippen molar-refractivity contribution in [3.63, 3.8) is 0 Å². The molecule has 0 spiro atoms. The molecule has 2 aromatic rings. The molecule has 2 aromatic carbocycles. The van der Waals surface area contributed by atoms with Crippen LogP contribution in [0, 0.1) is 5.41 Å². The molecule has 1 heterocycles. The first-order valence-electron chi connectivity index (χ1n) is 16.8. The fraction of sp³-hybridized carbons (Fsp3) is 0.457. The standard InChI is InChI=1S/C35H48N8O8/c1-4-24-17-29(46)39-25(15-22-11-7-5-8-12-22)32(48)42-28(19-44)34(50)43-30(20(2)45)35(51)41-27(18-37-21(3)36)33(49)40-26(31(47)38-24)16-23-13-9-6-10-14-23/h5-14,20,24-28,30,44-45H,4,15-19H2,1-3H3,(H2,36,37)(H,38,47)(H,39,46)(H,40,49)(H,41,51)(H,42,48)(H,43,50). The summed E-state index contributed by atoms with van der Waals surface area (Å²) in [5.41, 5.74) is 1.40. The fourth-order valence-corrected chi connectivity index (χ4v) is 5.32. The van der Waals surface area contributed by atoms with Crippen LogP contribution in [0.25, 0.3) is 0 Å². The summed E-state index contributed by atoms with van der Waals surface area (Å²) in [5, 5.41) is 46.3. The van der Waals surface area contributed by atoms with Crippen molar-refractivity contribution in [1.82, 2.24) is 37.2 Å². The molecule has 0 bridgehead atoms. The molecule has 7 atom stereocenters. The second kappa shape index (κ2) is 19.7. The summed E-state index contributed by atoms with van der Waals surface area (Å²) in [7, 11) is 0. The Bertz CT molecular complexity index is 1520. The van der Waals surface area contributed by atoms with Gasteiger partial charge in [-0.1, -0.05) is 67.6 Å². The summed E-state index contributed by atoms with van der Waals surface area (Å²) in [6.07, 6.45) is -1.35. The Balaban J connectivity index is 2.04. The van der Waals surface area contributed by atoms with E-state index in [0.717, 1.165) is 0 Å². The summed E-state index contributed by atoms with van der Waals surface area (Å²) in [5.74, 6) is -4.84. The van der Waals surface area contributed by atoms with E-state index in [0.29, 0.717) is 17.5 Å². The van der Waals surface area contributed by atoms with Gasteiger partial charge in [0, 0.05) is 31.8 Å². The number of carbonyl (C=O) groups excluding carboxylic acids is 6. The zero-order valence-electron chi connectivity index (χ0n) is 28.9. The van der Waals surface area contributed by atoms with E-state index in [1.54, 1.807) is 67.6 Å². The molecule has 1 aliphatic heterocycles. The number of benzene rings is 2. The van der Waals surface area contributed by atoms with Gasteiger partial charge in [-0.05, 0) is 31.4 Å². The van der Waals surface area contributed by atoms with Gasteiger partial charge in [-0.15, -0.1) is 0 Å². The van der Waals surface area contributed by atoms with Crippen molar-refractivity contribution in [3.8, 4) is 0 Å². The van der Waals surface area contributed by atoms with Gasteiger partial charge in [0.25, 0.3) is 0 Å². The highest BCUT2D eigenvalue weighted by Crippen LogP contribution is 2.09. The summed E-state index contributed by atoms with van der Waals surface area (Å²) in [4.78, 5) is 81.1. The highest BCUT2D eigenvalue weighted by Gasteiger charge is 2.35. The van der Waals surface area contributed by atoms with E-state index in [1.807, 2.05) is 0 Å². The lowest BCUT2D eigenvalue weighted by Crippen LogP contribution is -2.63. The van der Waals surface area contributed by atoms with Crippen LogP contribution in [0.4, 0.5) is 0 Å². The van der Waals surface area contributed by atoms with Crippen molar-refractivity contribution in [2.45, 2.75) is 88.8 Å². The van der Waals surface area contributed by atoms with Crippen molar-refractivity contribution >= 4 is 41.3 Å². The quantitative estimate of drug-likeness (QED) is 0.104. The van der Waals surface area contributed by atoms with Crippen molar-refractivity contribution in [1.29, 1.82) is 5.41 Å². The number of nitrogens with one attached hydrogen (secondary N) is 8. The normalized spacial score (nSPS) is 24.9. The number of hydrogen-bond donors (Lipinski definition) is 10. The molecule has 51 heavy (non-hydrogen) atoms. The third-order valence-corrected chi connectivity index (χ3v) is 8.20. The number of amidine groups is 1. The number of aliphatic hydroxyl groups is 2. The molecule has 0 aromatic heterocycles. The summed E-state index contributed by atoms with van der Waals surface area (Å²) >= 11 is 0. The predicted octanol–water partition coefficient (Wildman–Crippen LogP) is -1.85. The van der Waals surface area contributed by atoms with Crippen LogP contribution in [-0.2, 0) is 41.6 Å². The summed E-state index contributed by atoms with van der Waals surface area (Å²) in [6, 6.07) is 9.92. The zero-order valence-corrected chi connectivity index (χ0v) is 28.9. The fourth-order valence-electron chi connectivity index (χ4n) is 5.32. The van der Waals surface area contributed by atoms with E-state index in [9.17, 15) is 39.0 Å². The third-order valence-electron chi connectivity index (χ3n) is 8.20. The Labute approximate surface area is 296 Å². The predicted molar refractivity (Wildman–Crippen MR) is 187 cm³/mol. The second-order valence-electron chi connectivity index (χ2n) is 12.4. The molecule has 0 radical (unpaired) electrons. The molecular weight excluding hydrogens is 660 g/mol. The first kappa shape index (κ1) is 40.1. The Morgan fingerprint density at radius 1 is 0.725 bits per heavy atom. The SMILES string of the molecule is CCC1CC(=O)NC(Cc2ccccc2)C(=O)NC(CO)C(=O)NC(C(C)O)C(=O)NC(CNC(C)=N)C(=O)NC(Cc2ccccc2)C(=O)N1. The van der Waals surface area contributed by atoms with E-state index in [4.69, 9.17) is 5.41 Å².